The number of nitriles is 1. The molecular formula is C24H24ClN3O4S. The molecule has 1 atom stereocenters. The number of nitrogens with one attached hydrogen (secondary N) is 1. The van der Waals surface area contributed by atoms with Crippen molar-refractivity contribution in [3.05, 3.63) is 58.6 Å². The van der Waals surface area contributed by atoms with Crippen molar-refractivity contribution in [2.24, 2.45) is 0 Å². The molecule has 0 spiro atoms. The van der Waals surface area contributed by atoms with Crippen LogP contribution in [-0.4, -0.2) is 47.6 Å². The maximum absolute atomic E-state index is 12.8. The minimum absolute atomic E-state index is 0.0700. The summed E-state index contributed by atoms with van der Waals surface area (Å²) in [6.07, 6.45) is 2.98. The van der Waals surface area contributed by atoms with Crippen LogP contribution in [0.5, 0.6) is 11.5 Å². The predicted molar refractivity (Wildman–Crippen MR) is 131 cm³/mol. The highest BCUT2D eigenvalue weighted by Gasteiger charge is 2.33. The van der Waals surface area contributed by atoms with E-state index in [-0.39, 0.29) is 17.9 Å². The molecule has 0 bridgehead atoms. The summed E-state index contributed by atoms with van der Waals surface area (Å²) >= 11 is 7.86. The van der Waals surface area contributed by atoms with Crippen molar-refractivity contribution in [3.63, 3.8) is 0 Å². The molecule has 0 aromatic heterocycles. The van der Waals surface area contributed by atoms with E-state index in [2.05, 4.69) is 5.32 Å². The van der Waals surface area contributed by atoms with Crippen LogP contribution in [0.4, 0.5) is 5.69 Å². The Balaban J connectivity index is 1.70. The number of carbonyl (C=O) groups excluding carboxylic acids is 2. The first-order chi connectivity index (χ1) is 15.8. The van der Waals surface area contributed by atoms with Crippen molar-refractivity contribution in [1.29, 1.82) is 5.26 Å². The van der Waals surface area contributed by atoms with Crippen LogP contribution in [-0.2, 0) is 9.59 Å². The van der Waals surface area contributed by atoms with Gasteiger partial charge >= 0.3 is 0 Å². The predicted octanol–water partition coefficient (Wildman–Crippen LogP) is 4.56. The summed E-state index contributed by atoms with van der Waals surface area (Å²) < 4.78 is 11.1. The molecule has 2 amide bonds. The molecule has 1 aliphatic rings. The largest absolute Gasteiger partial charge is 0.493 e. The van der Waals surface area contributed by atoms with E-state index in [0.717, 1.165) is 0 Å². The fraction of sp³-hybridized carbons (Fsp3) is 0.292. The van der Waals surface area contributed by atoms with Crippen molar-refractivity contribution in [3.8, 4) is 17.6 Å². The average molecular weight is 486 g/mol. The smallest absolute Gasteiger partial charge is 0.248 e. The Morgan fingerprint density at radius 1 is 1.30 bits per heavy atom. The minimum Gasteiger partial charge on any atom is -0.493 e. The van der Waals surface area contributed by atoms with E-state index in [0.29, 0.717) is 45.0 Å². The third-order valence-electron chi connectivity index (χ3n) is 4.77. The Labute approximate surface area is 202 Å². The van der Waals surface area contributed by atoms with Crippen LogP contribution in [0.25, 0.3) is 6.08 Å². The fourth-order valence-corrected chi connectivity index (χ4v) is 4.61. The number of amides is 2. The number of methoxy groups -OCH3 is 1. The zero-order valence-electron chi connectivity index (χ0n) is 18.5. The van der Waals surface area contributed by atoms with Gasteiger partial charge in [0, 0.05) is 17.5 Å². The molecule has 1 heterocycles. The fourth-order valence-electron chi connectivity index (χ4n) is 3.18. The number of rotatable bonds is 7. The molecule has 0 saturated carbocycles. The van der Waals surface area contributed by atoms with Crippen LogP contribution in [0.2, 0.25) is 5.02 Å². The first kappa shape index (κ1) is 24.5. The maximum atomic E-state index is 12.8. The lowest BCUT2D eigenvalue weighted by molar-refractivity contribution is -0.132. The van der Waals surface area contributed by atoms with Crippen LogP contribution in [0, 0.1) is 11.3 Å². The normalized spacial score (nSPS) is 15.5. The number of hydrogen-bond donors (Lipinski definition) is 1. The Morgan fingerprint density at radius 2 is 2.03 bits per heavy atom. The molecule has 1 fully saturated rings. The van der Waals surface area contributed by atoms with Gasteiger partial charge < -0.3 is 19.7 Å². The van der Waals surface area contributed by atoms with Gasteiger partial charge in [0.15, 0.2) is 11.5 Å². The molecule has 1 unspecified atom stereocenters. The molecule has 2 aromatic carbocycles. The minimum atomic E-state index is -0.595. The summed E-state index contributed by atoms with van der Waals surface area (Å²) in [5, 5.41) is 12.1. The van der Waals surface area contributed by atoms with Crippen LogP contribution in [0.15, 0.2) is 42.5 Å². The summed E-state index contributed by atoms with van der Waals surface area (Å²) in [5.74, 6) is 1.29. The second kappa shape index (κ2) is 11.1. The van der Waals surface area contributed by atoms with E-state index >= 15 is 0 Å². The number of anilines is 1. The van der Waals surface area contributed by atoms with Crippen LogP contribution in [0.1, 0.15) is 25.0 Å². The Bertz CT molecular complexity index is 1100. The monoisotopic (exact) mass is 485 g/mol. The van der Waals surface area contributed by atoms with Crippen LogP contribution in [0.3, 0.4) is 0 Å². The van der Waals surface area contributed by atoms with Gasteiger partial charge in [-0.05, 0) is 61.9 Å². The number of hydrogen-bond acceptors (Lipinski definition) is 6. The quantitative estimate of drug-likeness (QED) is 0.578. The Kier molecular flexibility index (Phi) is 8.26. The van der Waals surface area contributed by atoms with Gasteiger partial charge in [0.1, 0.15) is 6.04 Å². The number of carbonyl (C=O) groups is 2. The van der Waals surface area contributed by atoms with E-state index in [9.17, 15) is 9.59 Å². The molecule has 3 rings (SSSR count). The zero-order valence-corrected chi connectivity index (χ0v) is 20.1. The number of benzene rings is 2. The van der Waals surface area contributed by atoms with Gasteiger partial charge in [-0.1, -0.05) is 11.6 Å². The molecule has 33 heavy (non-hydrogen) atoms. The van der Waals surface area contributed by atoms with Gasteiger partial charge in [0.25, 0.3) is 0 Å². The van der Waals surface area contributed by atoms with E-state index < -0.39 is 6.04 Å². The lowest BCUT2D eigenvalue weighted by Crippen LogP contribution is -2.43. The third kappa shape index (κ3) is 6.21. The average Bonchev–Trinajstić information content (AvgIpc) is 3.29. The molecule has 9 heteroatoms. The number of ether oxygens (including phenoxy) is 2. The summed E-state index contributed by atoms with van der Waals surface area (Å²) in [4.78, 5) is 27.1. The van der Waals surface area contributed by atoms with Crippen molar-refractivity contribution in [2.75, 3.05) is 24.1 Å². The molecule has 2 aromatic rings. The molecule has 1 N–H and O–H groups in total. The molecule has 7 nitrogen and oxygen atoms in total. The Hall–Kier alpha value is -3.15. The van der Waals surface area contributed by atoms with Gasteiger partial charge in [-0.15, -0.1) is 11.8 Å². The van der Waals surface area contributed by atoms with Gasteiger partial charge in [0.2, 0.25) is 11.8 Å². The van der Waals surface area contributed by atoms with Crippen molar-refractivity contribution >= 4 is 46.9 Å². The summed E-state index contributed by atoms with van der Waals surface area (Å²) in [6.45, 7) is 3.79. The highest BCUT2D eigenvalue weighted by Crippen LogP contribution is 2.37. The second-order valence-electron chi connectivity index (χ2n) is 7.54. The van der Waals surface area contributed by atoms with Gasteiger partial charge in [-0.2, -0.15) is 5.26 Å². The van der Waals surface area contributed by atoms with Crippen LogP contribution < -0.4 is 14.8 Å². The van der Waals surface area contributed by atoms with E-state index in [1.807, 2.05) is 19.9 Å². The second-order valence-corrected chi connectivity index (χ2v) is 8.94. The first-order valence-electron chi connectivity index (χ1n) is 10.2. The molecule has 1 saturated heterocycles. The number of nitrogens with zero attached hydrogens (tertiary/aromatic N) is 2. The first-order valence-corrected chi connectivity index (χ1v) is 11.8. The van der Waals surface area contributed by atoms with Crippen LogP contribution >= 0.6 is 23.4 Å². The van der Waals surface area contributed by atoms with Gasteiger partial charge in [-0.25, -0.2) is 0 Å². The SMILES string of the molecule is COc1cc(/C=C/C(=O)N2CSCC2C(=O)Nc2ccc(C#N)cc2)cc(Cl)c1OC(C)C. The van der Waals surface area contributed by atoms with Crippen molar-refractivity contribution in [1.82, 2.24) is 4.90 Å². The summed E-state index contributed by atoms with van der Waals surface area (Å²) in [6, 6.07) is 11.4. The third-order valence-corrected chi connectivity index (χ3v) is 6.07. The molecule has 1 aliphatic heterocycles. The topological polar surface area (TPSA) is 91.7 Å². The molecule has 172 valence electrons. The molecule has 0 aliphatic carbocycles. The Morgan fingerprint density at radius 3 is 2.67 bits per heavy atom. The van der Waals surface area contributed by atoms with E-state index in [4.69, 9.17) is 26.3 Å². The van der Waals surface area contributed by atoms with Crippen molar-refractivity contribution < 1.29 is 19.1 Å². The number of thioether (sulfide) groups is 1. The highest BCUT2D eigenvalue weighted by atomic mass is 35.5. The van der Waals surface area contributed by atoms with E-state index in [1.165, 1.54) is 29.8 Å². The number of halogens is 1. The molecular weight excluding hydrogens is 462 g/mol. The molecule has 0 radical (unpaired) electrons. The lowest BCUT2D eigenvalue weighted by atomic mass is 10.1. The van der Waals surface area contributed by atoms with Crippen molar-refractivity contribution in [2.45, 2.75) is 26.0 Å². The maximum Gasteiger partial charge on any atom is 0.248 e. The van der Waals surface area contributed by atoms with Gasteiger partial charge in [-0.3, -0.25) is 9.59 Å². The zero-order chi connectivity index (χ0) is 24.0. The van der Waals surface area contributed by atoms with Gasteiger partial charge in [0.05, 0.1) is 35.7 Å². The highest BCUT2D eigenvalue weighted by molar-refractivity contribution is 7.99. The lowest BCUT2D eigenvalue weighted by Gasteiger charge is -2.21. The summed E-state index contributed by atoms with van der Waals surface area (Å²) in [7, 11) is 1.52. The summed E-state index contributed by atoms with van der Waals surface area (Å²) in [5.41, 5.74) is 1.75. The standard InChI is InChI=1S/C24H24ClN3O4S/c1-15(2)32-23-19(25)10-17(11-21(23)31-3)6-9-22(29)28-14-33-13-20(28)24(30)27-18-7-4-16(12-26)5-8-18/h4-11,15,20H,13-14H2,1-3H3,(H,27,30)/b9-6+. The van der Waals surface area contributed by atoms with E-state index in [1.54, 1.807) is 42.5 Å².